The van der Waals surface area contributed by atoms with E-state index in [1.165, 1.54) is 0 Å². The molecule has 6 heteroatoms. The van der Waals surface area contributed by atoms with E-state index in [-0.39, 0.29) is 4.90 Å². The number of furan rings is 1. The predicted molar refractivity (Wildman–Crippen MR) is 80.1 cm³/mol. The van der Waals surface area contributed by atoms with Crippen LogP contribution in [-0.4, -0.2) is 20.5 Å². The zero-order valence-corrected chi connectivity index (χ0v) is 13.9. The van der Waals surface area contributed by atoms with Crippen LogP contribution < -0.4 is 10.0 Å². The van der Waals surface area contributed by atoms with Gasteiger partial charge in [0.1, 0.15) is 16.4 Å². The van der Waals surface area contributed by atoms with Crippen LogP contribution in [0, 0.1) is 6.92 Å². The minimum absolute atomic E-state index is 0.235. The second-order valence-corrected chi connectivity index (χ2v) is 6.94. The Morgan fingerprint density at radius 1 is 1.25 bits per heavy atom. The van der Waals surface area contributed by atoms with E-state index < -0.39 is 15.6 Å². The fourth-order valence-corrected chi connectivity index (χ4v) is 3.65. The molecule has 1 aromatic heterocycles. The van der Waals surface area contributed by atoms with Crippen LogP contribution in [0.1, 0.15) is 52.1 Å². The van der Waals surface area contributed by atoms with Gasteiger partial charge in [0.05, 0.1) is 6.54 Å². The van der Waals surface area contributed by atoms with Gasteiger partial charge in [0.2, 0.25) is 10.0 Å². The van der Waals surface area contributed by atoms with Crippen molar-refractivity contribution in [3.63, 3.8) is 0 Å². The van der Waals surface area contributed by atoms with Gasteiger partial charge in [-0.1, -0.05) is 20.8 Å². The highest BCUT2D eigenvalue weighted by atomic mass is 32.2. The molecule has 0 aliphatic carbocycles. The van der Waals surface area contributed by atoms with Crippen LogP contribution in [0.2, 0.25) is 0 Å². The summed E-state index contributed by atoms with van der Waals surface area (Å²) in [7, 11) is -3.55. The maximum atomic E-state index is 12.5. The highest BCUT2D eigenvalue weighted by molar-refractivity contribution is 7.89. The summed E-state index contributed by atoms with van der Waals surface area (Å²) in [5.41, 5.74) is -0.426. The Morgan fingerprint density at radius 3 is 2.35 bits per heavy atom. The molecule has 0 radical (unpaired) electrons. The summed E-state index contributed by atoms with van der Waals surface area (Å²) in [6.07, 6.45) is 1.48. The van der Waals surface area contributed by atoms with Crippen LogP contribution in [0.3, 0.4) is 0 Å². The fourth-order valence-electron chi connectivity index (χ4n) is 1.90. The van der Waals surface area contributed by atoms with Gasteiger partial charge in [-0.25, -0.2) is 13.1 Å². The third kappa shape index (κ3) is 4.07. The lowest BCUT2D eigenvalue weighted by atomic mass is 9.98. The summed E-state index contributed by atoms with van der Waals surface area (Å²) in [5.74, 6) is 1.07. The van der Waals surface area contributed by atoms with Gasteiger partial charge in [-0.05, 0) is 33.2 Å². The quantitative estimate of drug-likeness (QED) is 0.774. The van der Waals surface area contributed by atoms with Crippen molar-refractivity contribution in [2.24, 2.45) is 0 Å². The standard InChI is InChI=1S/C14H26N2O3S/c1-6-14(5,7-2)16-20(17,18)13-9-12(10-15-8-3)19-11(13)4/h9,15-16H,6-8,10H2,1-5H3. The SMILES string of the molecule is CCNCc1cc(S(=O)(=O)NC(C)(CC)CC)c(C)o1. The van der Waals surface area contributed by atoms with Crippen LogP contribution in [0.5, 0.6) is 0 Å². The predicted octanol–water partition coefficient (Wildman–Crippen LogP) is 2.55. The number of sulfonamides is 1. The van der Waals surface area contributed by atoms with Gasteiger partial charge in [0.15, 0.2) is 0 Å². The minimum Gasteiger partial charge on any atom is -0.464 e. The molecule has 0 spiro atoms. The molecule has 0 saturated heterocycles. The third-order valence-corrected chi connectivity index (χ3v) is 5.45. The molecule has 1 heterocycles. The molecule has 0 amide bonds. The second kappa shape index (κ2) is 6.74. The van der Waals surface area contributed by atoms with Gasteiger partial charge in [-0.15, -0.1) is 0 Å². The number of hydrogen-bond donors (Lipinski definition) is 2. The molecule has 0 atom stereocenters. The number of rotatable bonds is 8. The Balaban J connectivity index is 3.01. The lowest BCUT2D eigenvalue weighted by Crippen LogP contribution is -2.44. The zero-order chi connectivity index (χ0) is 15.4. The first kappa shape index (κ1) is 17.2. The molecule has 1 rings (SSSR count). The van der Waals surface area contributed by atoms with Gasteiger partial charge < -0.3 is 9.73 Å². The molecule has 0 aromatic carbocycles. The van der Waals surface area contributed by atoms with Crippen LogP contribution in [0.25, 0.3) is 0 Å². The molecule has 0 fully saturated rings. The lowest BCUT2D eigenvalue weighted by molar-refractivity contribution is 0.388. The van der Waals surface area contributed by atoms with Gasteiger partial charge >= 0.3 is 0 Å². The molecule has 20 heavy (non-hydrogen) atoms. The average molecular weight is 302 g/mol. The number of nitrogens with one attached hydrogen (secondary N) is 2. The highest BCUT2D eigenvalue weighted by Crippen LogP contribution is 2.23. The van der Waals surface area contributed by atoms with Gasteiger partial charge in [0.25, 0.3) is 0 Å². The van der Waals surface area contributed by atoms with Crippen molar-refractivity contribution in [1.29, 1.82) is 0 Å². The summed E-state index contributed by atoms with van der Waals surface area (Å²) in [6.45, 7) is 10.9. The van der Waals surface area contributed by atoms with Crippen LogP contribution in [0.15, 0.2) is 15.4 Å². The Kier molecular flexibility index (Phi) is 5.79. The monoisotopic (exact) mass is 302 g/mol. The molecule has 5 nitrogen and oxygen atoms in total. The largest absolute Gasteiger partial charge is 0.464 e. The van der Waals surface area contributed by atoms with E-state index in [1.807, 2.05) is 27.7 Å². The van der Waals surface area contributed by atoms with Crippen molar-refractivity contribution in [3.05, 3.63) is 17.6 Å². The van der Waals surface area contributed by atoms with Crippen LogP contribution in [-0.2, 0) is 16.6 Å². The van der Waals surface area contributed by atoms with E-state index in [0.29, 0.717) is 18.1 Å². The van der Waals surface area contributed by atoms with Crippen molar-refractivity contribution >= 4 is 10.0 Å². The fraction of sp³-hybridized carbons (Fsp3) is 0.714. The molecular weight excluding hydrogens is 276 g/mol. The molecule has 0 aliphatic rings. The van der Waals surface area contributed by atoms with Crippen molar-refractivity contribution in [2.45, 2.75) is 64.4 Å². The minimum atomic E-state index is -3.55. The number of hydrogen-bond acceptors (Lipinski definition) is 4. The Morgan fingerprint density at radius 2 is 1.85 bits per heavy atom. The molecule has 0 aliphatic heterocycles. The second-order valence-electron chi connectivity index (χ2n) is 5.29. The molecule has 2 N–H and O–H groups in total. The van der Waals surface area contributed by atoms with E-state index >= 15 is 0 Å². The first-order chi connectivity index (χ1) is 9.28. The summed E-state index contributed by atoms with van der Waals surface area (Å²) in [6, 6.07) is 1.60. The molecule has 1 aromatic rings. The zero-order valence-electron chi connectivity index (χ0n) is 13.0. The summed E-state index contributed by atoms with van der Waals surface area (Å²) in [4.78, 5) is 0.235. The van der Waals surface area contributed by atoms with E-state index in [4.69, 9.17) is 4.42 Å². The Bertz CT molecular complexity index is 531. The summed E-state index contributed by atoms with van der Waals surface area (Å²) >= 11 is 0. The molecule has 0 saturated carbocycles. The third-order valence-electron chi connectivity index (χ3n) is 3.70. The summed E-state index contributed by atoms with van der Waals surface area (Å²) in [5, 5.41) is 3.12. The normalized spacial score (nSPS) is 12.8. The van der Waals surface area contributed by atoms with E-state index in [1.54, 1.807) is 13.0 Å². The maximum absolute atomic E-state index is 12.5. The maximum Gasteiger partial charge on any atom is 0.244 e. The van der Waals surface area contributed by atoms with Crippen LogP contribution >= 0.6 is 0 Å². The first-order valence-corrected chi connectivity index (χ1v) is 8.60. The van der Waals surface area contributed by atoms with E-state index in [9.17, 15) is 8.42 Å². The topological polar surface area (TPSA) is 71.3 Å². The molecular formula is C14H26N2O3S. The van der Waals surface area contributed by atoms with Gasteiger partial charge in [-0.2, -0.15) is 0 Å². The van der Waals surface area contributed by atoms with Crippen molar-refractivity contribution < 1.29 is 12.8 Å². The van der Waals surface area contributed by atoms with Gasteiger partial charge in [-0.3, -0.25) is 0 Å². The van der Waals surface area contributed by atoms with Crippen molar-refractivity contribution in [3.8, 4) is 0 Å². The summed E-state index contributed by atoms with van der Waals surface area (Å²) < 4.78 is 33.3. The Hall–Kier alpha value is -0.850. The van der Waals surface area contributed by atoms with Crippen LogP contribution in [0.4, 0.5) is 0 Å². The molecule has 0 bridgehead atoms. The smallest absolute Gasteiger partial charge is 0.244 e. The average Bonchev–Trinajstić information content (AvgIpc) is 2.78. The first-order valence-electron chi connectivity index (χ1n) is 7.12. The molecule has 0 unspecified atom stereocenters. The number of aryl methyl sites for hydroxylation is 1. The van der Waals surface area contributed by atoms with Crippen molar-refractivity contribution in [1.82, 2.24) is 10.0 Å². The van der Waals surface area contributed by atoms with E-state index in [2.05, 4.69) is 10.0 Å². The van der Waals surface area contributed by atoms with E-state index in [0.717, 1.165) is 19.4 Å². The Labute approximate surface area is 122 Å². The van der Waals surface area contributed by atoms with Gasteiger partial charge in [0, 0.05) is 11.6 Å². The lowest BCUT2D eigenvalue weighted by Gasteiger charge is -2.27. The van der Waals surface area contributed by atoms with Crippen molar-refractivity contribution in [2.75, 3.05) is 6.54 Å². The highest BCUT2D eigenvalue weighted by Gasteiger charge is 2.30. The molecule has 116 valence electrons.